The maximum absolute atomic E-state index is 12.4. The Morgan fingerprint density at radius 3 is 2.25 bits per heavy atom. The number of hydrogen-bond acceptors (Lipinski definition) is 3. The van der Waals surface area contributed by atoms with E-state index in [0.29, 0.717) is 24.9 Å². The van der Waals surface area contributed by atoms with Crippen LogP contribution in [-0.4, -0.2) is 42.4 Å². The lowest BCUT2D eigenvalue weighted by Gasteiger charge is -2.36. The van der Waals surface area contributed by atoms with Gasteiger partial charge in [0, 0.05) is 25.0 Å². The number of aliphatic carboxylic acids is 1. The summed E-state index contributed by atoms with van der Waals surface area (Å²) in [4.78, 5) is 10.6. The van der Waals surface area contributed by atoms with Gasteiger partial charge in [-0.25, -0.2) is 0 Å². The summed E-state index contributed by atoms with van der Waals surface area (Å²) < 4.78 is 28.9. The third kappa shape index (κ3) is 5.38. The lowest BCUT2D eigenvalue weighted by molar-refractivity contribution is -0.137. The van der Waals surface area contributed by atoms with E-state index < -0.39 is 21.7 Å². The van der Waals surface area contributed by atoms with Gasteiger partial charge in [-0.15, -0.1) is 0 Å². The molecule has 0 aromatic rings. The van der Waals surface area contributed by atoms with Crippen molar-refractivity contribution in [1.82, 2.24) is 9.03 Å². The summed E-state index contributed by atoms with van der Waals surface area (Å²) in [5.41, 5.74) is -0.763. The maximum Gasteiger partial charge on any atom is 0.303 e. The van der Waals surface area contributed by atoms with E-state index >= 15 is 0 Å². The third-order valence-electron chi connectivity index (χ3n) is 3.54. The first kappa shape index (κ1) is 17.4. The lowest BCUT2D eigenvalue weighted by atomic mass is 9.94. The molecular weight excluding hydrogens is 280 g/mol. The highest BCUT2D eigenvalue weighted by Crippen LogP contribution is 2.24. The van der Waals surface area contributed by atoms with Crippen LogP contribution in [0.25, 0.3) is 0 Å². The van der Waals surface area contributed by atoms with Gasteiger partial charge in [0.2, 0.25) is 0 Å². The van der Waals surface area contributed by atoms with E-state index in [1.807, 2.05) is 13.8 Å². The molecule has 0 bridgehead atoms. The molecule has 1 fully saturated rings. The van der Waals surface area contributed by atoms with E-state index in [9.17, 15) is 13.2 Å². The van der Waals surface area contributed by atoms with E-state index in [0.717, 1.165) is 6.42 Å². The van der Waals surface area contributed by atoms with Gasteiger partial charge in [0.25, 0.3) is 10.2 Å². The second kappa shape index (κ2) is 6.41. The van der Waals surface area contributed by atoms with E-state index in [4.69, 9.17) is 5.11 Å². The molecule has 0 radical (unpaired) electrons. The normalized spacial score (nSPS) is 25.6. The molecule has 20 heavy (non-hydrogen) atoms. The zero-order chi connectivity index (χ0) is 15.6. The van der Waals surface area contributed by atoms with Crippen LogP contribution >= 0.6 is 0 Å². The van der Waals surface area contributed by atoms with Crippen LogP contribution in [0.1, 0.15) is 47.0 Å². The number of hydrogen-bond donors (Lipinski definition) is 2. The van der Waals surface area contributed by atoms with Crippen LogP contribution in [0, 0.1) is 11.8 Å². The zero-order valence-electron chi connectivity index (χ0n) is 12.7. The summed E-state index contributed by atoms with van der Waals surface area (Å²) in [5.74, 6) is -0.229. The Hall–Kier alpha value is -0.660. The van der Waals surface area contributed by atoms with Crippen molar-refractivity contribution in [2.75, 3.05) is 13.1 Å². The fraction of sp³-hybridized carbons (Fsp3) is 0.923. The average molecular weight is 306 g/mol. The van der Waals surface area contributed by atoms with Crippen molar-refractivity contribution >= 4 is 16.2 Å². The van der Waals surface area contributed by atoms with Crippen molar-refractivity contribution in [3.63, 3.8) is 0 Å². The zero-order valence-corrected chi connectivity index (χ0v) is 13.5. The van der Waals surface area contributed by atoms with Gasteiger partial charge in [0.15, 0.2) is 0 Å². The molecule has 7 heteroatoms. The minimum atomic E-state index is -3.56. The molecule has 1 heterocycles. The molecule has 1 aliphatic rings. The molecule has 1 aliphatic heterocycles. The van der Waals surface area contributed by atoms with Crippen molar-refractivity contribution in [1.29, 1.82) is 0 Å². The van der Waals surface area contributed by atoms with Crippen LogP contribution in [0.5, 0.6) is 0 Å². The molecule has 0 spiro atoms. The van der Waals surface area contributed by atoms with Gasteiger partial charge in [-0.3, -0.25) is 4.79 Å². The van der Waals surface area contributed by atoms with Crippen LogP contribution in [0.4, 0.5) is 0 Å². The topological polar surface area (TPSA) is 86.7 Å². The molecule has 2 unspecified atom stereocenters. The van der Waals surface area contributed by atoms with Crippen LogP contribution < -0.4 is 4.72 Å². The summed E-state index contributed by atoms with van der Waals surface area (Å²) >= 11 is 0. The molecule has 6 nitrogen and oxygen atoms in total. The Morgan fingerprint density at radius 2 is 1.80 bits per heavy atom. The Labute approximate surface area is 121 Å². The van der Waals surface area contributed by atoms with Gasteiger partial charge in [-0.1, -0.05) is 13.8 Å². The highest BCUT2D eigenvalue weighted by molar-refractivity contribution is 7.87. The van der Waals surface area contributed by atoms with Crippen molar-refractivity contribution < 1.29 is 18.3 Å². The quantitative estimate of drug-likeness (QED) is 0.777. The largest absolute Gasteiger partial charge is 0.481 e. The SMILES string of the molecule is CC1CC(C)CN(S(=O)(=O)NC(C)(C)CCC(=O)O)C1. The van der Waals surface area contributed by atoms with E-state index in [-0.39, 0.29) is 12.8 Å². The first-order valence-electron chi connectivity index (χ1n) is 7.03. The molecular formula is C13H26N2O4S. The van der Waals surface area contributed by atoms with Crippen LogP contribution in [0.15, 0.2) is 0 Å². The lowest BCUT2D eigenvalue weighted by Crippen LogP contribution is -2.53. The highest BCUT2D eigenvalue weighted by Gasteiger charge is 2.34. The molecule has 1 saturated heterocycles. The predicted octanol–water partition coefficient (Wildman–Crippen LogP) is 1.44. The smallest absolute Gasteiger partial charge is 0.303 e. The minimum absolute atomic E-state index is 0.0532. The van der Waals surface area contributed by atoms with Gasteiger partial charge in [0.1, 0.15) is 0 Å². The molecule has 2 N–H and O–H groups in total. The summed E-state index contributed by atoms with van der Waals surface area (Å²) in [6.07, 6.45) is 1.25. The molecule has 0 amide bonds. The van der Waals surface area contributed by atoms with Gasteiger partial charge < -0.3 is 5.11 Å². The van der Waals surface area contributed by atoms with Gasteiger partial charge in [0.05, 0.1) is 0 Å². The summed E-state index contributed by atoms with van der Waals surface area (Å²) in [7, 11) is -3.56. The van der Waals surface area contributed by atoms with Crippen molar-refractivity contribution in [3.05, 3.63) is 0 Å². The molecule has 0 aromatic heterocycles. The second-order valence-electron chi connectivity index (χ2n) is 6.65. The first-order valence-corrected chi connectivity index (χ1v) is 8.47. The second-order valence-corrected chi connectivity index (χ2v) is 8.32. The van der Waals surface area contributed by atoms with Gasteiger partial charge in [-0.2, -0.15) is 17.4 Å². The fourth-order valence-corrected chi connectivity index (χ4v) is 4.52. The van der Waals surface area contributed by atoms with E-state index in [1.165, 1.54) is 4.31 Å². The Bertz CT molecular complexity index is 437. The number of carboxylic acid groups (broad SMARTS) is 1. The van der Waals surface area contributed by atoms with Crippen LogP contribution in [0.3, 0.4) is 0 Å². The van der Waals surface area contributed by atoms with E-state index in [2.05, 4.69) is 4.72 Å². The molecule has 0 saturated carbocycles. The number of nitrogens with one attached hydrogen (secondary N) is 1. The third-order valence-corrected chi connectivity index (χ3v) is 5.33. The number of piperidine rings is 1. The Morgan fingerprint density at radius 1 is 1.30 bits per heavy atom. The number of rotatable bonds is 6. The minimum Gasteiger partial charge on any atom is -0.481 e. The van der Waals surface area contributed by atoms with Crippen LogP contribution in [0.2, 0.25) is 0 Å². The first-order chi connectivity index (χ1) is 9.02. The van der Waals surface area contributed by atoms with Crippen molar-refractivity contribution in [3.8, 4) is 0 Å². The molecule has 0 aromatic carbocycles. The highest BCUT2D eigenvalue weighted by atomic mass is 32.2. The number of carbonyl (C=O) groups is 1. The fourth-order valence-electron chi connectivity index (χ4n) is 2.69. The number of nitrogens with zero attached hydrogens (tertiary/aromatic N) is 1. The van der Waals surface area contributed by atoms with Gasteiger partial charge in [-0.05, 0) is 38.5 Å². The predicted molar refractivity (Wildman–Crippen MR) is 77.5 cm³/mol. The molecule has 1 rings (SSSR count). The molecule has 2 atom stereocenters. The molecule has 118 valence electrons. The maximum atomic E-state index is 12.4. The number of carboxylic acids is 1. The summed E-state index contributed by atoms with van der Waals surface area (Å²) in [6, 6.07) is 0. The Kier molecular flexibility index (Phi) is 5.57. The standard InChI is InChI=1S/C13H26N2O4S/c1-10-7-11(2)9-15(8-10)20(18,19)14-13(3,4)6-5-12(16)17/h10-11,14H,5-9H2,1-4H3,(H,16,17). The van der Waals surface area contributed by atoms with Gasteiger partial charge >= 0.3 is 5.97 Å². The van der Waals surface area contributed by atoms with E-state index in [1.54, 1.807) is 13.8 Å². The summed E-state index contributed by atoms with van der Waals surface area (Å²) in [5, 5.41) is 8.71. The average Bonchev–Trinajstić information content (AvgIpc) is 2.24. The monoisotopic (exact) mass is 306 g/mol. The van der Waals surface area contributed by atoms with Crippen LogP contribution in [-0.2, 0) is 15.0 Å². The molecule has 0 aliphatic carbocycles. The Balaban J connectivity index is 2.70. The van der Waals surface area contributed by atoms with Crippen molar-refractivity contribution in [2.24, 2.45) is 11.8 Å². The van der Waals surface area contributed by atoms with Crippen molar-refractivity contribution in [2.45, 2.75) is 52.5 Å². The summed E-state index contributed by atoms with van der Waals surface area (Å²) in [6.45, 7) is 8.57.